The Bertz CT molecular complexity index is 638. The summed E-state index contributed by atoms with van der Waals surface area (Å²) in [6.45, 7) is 2.21. The van der Waals surface area contributed by atoms with Crippen LogP contribution in [0.4, 0.5) is 10.1 Å². The molecule has 21 heavy (non-hydrogen) atoms. The maximum absolute atomic E-state index is 13.7. The third-order valence-electron chi connectivity index (χ3n) is 2.76. The van der Waals surface area contributed by atoms with E-state index in [2.05, 4.69) is 4.99 Å². The smallest absolute Gasteiger partial charge is 0.357 e. The fraction of sp³-hybridized carbons (Fsp3) is 0.176. The molecule has 0 aliphatic rings. The minimum absolute atomic E-state index is 0.106. The molecule has 0 atom stereocenters. The van der Waals surface area contributed by atoms with Gasteiger partial charge in [-0.05, 0) is 18.6 Å². The summed E-state index contributed by atoms with van der Waals surface area (Å²) in [7, 11) is 0. The van der Waals surface area contributed by atoms with Crippen LogP contribution in [0.2, 0.25) is 0 Å². The van der Waals surface area contributed by atoms with Gasteiger partial charge in [-0.25, -0.2) is 14.2 Å². The normalized spacial score (nSPS) is 11.2. The number of para-hydroxylation sites is 1. The first kappa shape index (κ1) is 14.9. The second-order valence-corrected chi connectivity index (χ2v) is 4.41. The third kappa shape index (κ3) is 3.99. The molecule has 0 N–H and O–H groups in total. The third-order valence-corrected chi connectivity index (χ3v) is 2.76. The number of benzene rings is 2. The van der Waals surface area contributed by atoms with Gasteiger partial charge in [0.05, 0.1) is 12.3 Å². The van der Waals surface area contributed by atoms with Crippen LogP contribution < -0.4 is 0 Å². The van der Waals surface area contributed by atoms with Gasteiger partial charge in [0.2, 0.25) is 0 Å². The highest BCUT2D eigenvalue weighted by Crippen LogP contribution is 2.18. The molecular weight excluding hydrogens is 269 g/mol. The van der Waals surface area contributed by atoms with Gasteiger partial charge in [-0.1, -0.05) is 49.4 Å². The van der Waals surface area contributed by atoms with Crippen LogP contribution in [0.3, 0.4) is 0 Å². The highest BCUT2D eigenvalue weighted by molar-refractivity contribution is 6.43. The van der Waals surface area contributed by atoms with Gasteiger partial charge >= 0.3 is 5.97 Å². The number of carbonyl (C=O) groups excluding carboxylic acids is 1. The number of halogens is 1. The van der Waals surface area contributed by atoms with Crippen molar-refractivity contribution in [3.05, 3.63) is 66.0 Å². The molecule has 0 radical (unpaired) electrons. The number of hydrogen-bond acceptors (Lipinski definition) is 3. The molecule has 0 aromatic heterocycles. The van der Waals surface area contributed by atoms with Gasteiger partial charge < -0.3 is 4.74 Å². The molecule has 0 bridgehead atoms. The molecule has 0 amide bonds. The second kappa shape index (κ2) is 7.33. The number of hydrogen-bond donors (Lipinski definition) is 0. The molecule has 0 saturated carbocycles. The lowest BCUT2D eigenvalue weighted by molar-refractivity contribution is -0.135. The lowest BCUT2D eigenvalue weighted by Crippen LogP contribution is -2.19. The SMILES string of the molecule is CCCOC(=O)C(=Nc1ccccc1F)c1ccccc1. The summed E-state index contributed by atoms with van der Waals surface area (Å²) in [5, 5.41) is 0. The van der Waals surface area contributed by atoms with E-state index < -0.39 is 11.8 Å². The Morgan fingerprint density at radius 3 is 2.43 bits per heavy atom. The number of esters is 1. The lowest BCUT2D eigenvalue weighted by atomic mass is 10.1. The molecular formula is C17H16FNO2. The second-order valence-electron chi connectivity index (χ2n) is 4.41. The van der Waals surface area contributed by atoms with Crippen LogP contribution in [0, 0.1) is 5.82 Å². The molecule has 0 fully saturated rings. The Labute approximate surface area is 123 Å². The van der Waals surface area contributed by atoms with Crippen molar-refractivity contribution in [3.8, 4) is 0 Å². The van der Waals surface area contributed by atoms with Crippen LogP contribution >= 0.6 is 0 Å². The summed E-state index contributed by atoms with van der Waals surface area (Å²) in [6, 6.07) is 15.0. The van der Waals surface area contributed by atoms with E-state index in [0.29, 0.717) is 18.6 Å². The van der Waals surface area contributed by atoms with E-state index >= 15 is 0 Å². The topological polar surface area (TPSA) is 38.7 Å². The van der Waals surface area contributed by atoms with Crippen LogP contribution in [-0.4, -0.2) is 18.3 Å². The summed E-state index contributed by atoms with van der Waals surface area (Å²) in [6.07, 6.45) is 0.716. The van der Waals surface area contributed by atoms with E-state index in [0.717, 1.165) is 0 Å². The molecule has 0 aliphatic carbocycles. The number of nitrogens with zero attached hydrogens (tertiary/aromatic N) is 1. The molecule has 0 spiro atoms. The molecule has 2 aromatic rings. The van der Waals surface area contributed by atoms with Crippen LogP contribution in [-0.2, 0) is 9.53 Å². The summed E-state index contributed by atoms with van der Waals surface area (Å²) in [4.78, 5) is 16.3. The van der Waals surface area contributed by atoms with Crippen LogP contribution in [0.25, 0.3) is 0 Å². The van der Waals surface area contributed by atoms with Crippen molar-refractivity contribution in [3.63, 3.8) is 0 Å². The van der Waals surface area contributed by atoms with Gasteiger partial charge in [-0.15, -0.1) is 0 Å². The summed E-state index contributed by atoms with van der Waals surface area (Å²) in [5.74, 6) is -1.03. The van der Waals surface area contributed by atoms with E-state index in [1.54, 1.807) is 36.4 Å². The molecule has 2 aromatic carbocycles. The van der Waals surface area contributed by atoms with E-state index in [9.17, 15) is 9.18 Å². The van der Waals surface area contributed by atoms with Crippen molar-refractivity contribution in [1.29, 1.82) is 0 Å². The van der Waals surface area contributed by atoms with E-state index in [4.69, 9.17) is 4.74 Å². The predicted molar refractivity (Wildman–Crippen MR) is 80.3 cm³/mol. The first-order valence-electron chi connectivity index (χ1n) is 6.78. The molecule has 0 heterocycles. The quantitative estimate of drug-likeness (QED) is 0.617. The fourth-order valence-corrected chi connectivity index (χ4v) is 1.75. The highest BCUT2D eigenvalue weighted by Gasteiger charge is 2.16. The molecule has 3 nitrogen and oxygen atoms in total. The average molecular weight is 285 g/mol. The van der Waals surface area contributed by atoms with Crippen LogP contribution in [0.15, 0.2) is 59.6 Å². The number of rotatable bonds is 5. The molecule has 2 rings (SSSR count). The number of ether oxygens (including phenoxy) is 1. The van der Waals surface area contributed by atoms with Gasteiger partial charge in [0.1, 0.15) is 5.82 Å². The fourth-order valence-electron chi connectivity index (χ4n) is 1.75. The lowest BCUT2D eigenvalue weighted by Gasteiger charge is -2.07. The van der Waals surface area contributed by atoms with E-state index in [1.165, 1.54) is 12.1 Å². The van der Waals surface area contributed by atoms with Gasteiger partial charge in [0, 0.05) is 5.56 Å². The number of aliphatic imine (C=N–C) groups is 1. The minimum Gasteiger partial charge on any atom is -0.461 e. The maximum atomic E-state index is 13.7. The summed E-state index contributed by atoms with van der Waals surface area (Å²) >= 11 is 0. The molecule has 108 valence electrons. The Kier molecular flexibility index (Phi) is 5.21. The standard InChI is InChI=1S/C17H16FNO2/c1-2-12-21-17(20)16(13-8-4-3-5-9-13)19-15-11-7-6-10-14(15)18/h3-11H,2,12H2,1H3. The van der Waals surface area contributed by atoms with Crippen molar-refractivity contribution in [2.75, 3.05) is 6.61 Å². The zero-order valence-corrected chi connectivity index (χ0v) is 11.8. The first-order chi connectivity index (χ1) is 10.2. The Morgan fingerprint density at radius 1 is 1.10 bits per heavy atom. The summed E-state index contributed by atoms with van der Waals surface area (Å²) < 4.78 is 18.8. The summed E-state index contributed by atoms with van der Waals surface area (Å²) in [5.41, 5.74) is 0.820. The van der Waals surface area contributed by atoms with Gasteiger partial charge in [-0.2, -0.15) is 0 Å². The van der Waals surface area contributed by atoms with E-state index in [1.807, 2.05) is 13.0 Å². The van der Waals surface area contributed by atoms with Crippen molar-refractivity contribution < 1.29 is 13.9 Å². The van der Waals surface area contributed by atoms with Crippen LogP contribution in [0.5, 0.6) is 0 Å². The van der Waals surface area contributed by atoms with Gasteiger partial charge in [-0.3, -0.25) is 0 Å². The predicted octanol–water partition coefficient (Wildman–Crippen LogP) is 3.90. The largest absolute Gasteiger partial charge is 0.461 e. The monoisotopic (exact) mass is 285 g/mol. The Hall–Kier alpha value is -2.49. The van der Waals surface area contributed by atoms with E-state index in [-0.39, 0.29) is 11.4 Å². The van der Waals surface area contributed by atoms with Gasteiger partial charge in [0.15, 0.2) is 5.71 Å². The van der Waals surface area contributed by atoms with Crippen molar-refractivity contribution in [1.82, 2.24) is 0 Å². The zero-order chi connectivity index (χ0) is 15.1. The first-order valence-corrected chi connectivity index (χ1v) is 6.78. The molecule has 0 saturated heterocycles. The average Bonchev–Trinajstić information content (AvgIpc) is 2.52. The van der Waals surface area contributed by atoms with Crippen LogP contribution in [0.1, 0.15) is 18.9 Å². The highest BCUT2D eigenvalue weighted by atomic mass is 19.1. The van der Waals surface area contributed by atoms with Crippen molar-refractivity contribution in [2.45, 2.75) is 13.3 Å². The Balaban J connectivity index is 2.41. The molecule has 0 aliphatic heterocycles. The molecule has 4 heteroatoms. The van der Waals surface area contributed by atoms with Crippen molar-refractivity contribution >= 4 is 17.4 Å². The maximum Gasteiger partial charge on any atom is 0.357 e. The number of carbonyl (C=O) groups is 1. The Morgan fingerprint density at radius 2 is 1.76 bits per heavy atom. The molecule has 0 unspecified atom stereocenters. The zero-order valence-electron chi connectivity index (χ0n) is 11.8. The van der Waals surface area contributed by atoms with Gasteiger partial charge in [0.25, 0.3) is 0 Å². The van der Waals surface area contributed by atoms with Crippen molar-refractivity contribution in [2.24, 2.45) is 4.99 Å². The minimum atomic E-state index is -0.550.